The highest BCUT2D eigenvalue weighted by atomic mass is 16.5. The first kappa shape index (κ1) is 30.8. The van der Waals surface area contributed by atoms with Gasteiger partial charge in [0.2, 0.25) is 11.7 Å². The lowest BCUT2D eigenvalue weighted by atomic mass is 9.94. The highest BCUT2D eigenvalue weighted by Gasteiger charge is 2.43. The molecule has 10 heteroatoms. The predicted molar refractivity (Wildman–Crippen MR) is 171 cm³/mol. The predicted octanol–water partition coefficient (Wildman–Crippen LogP) is 3.96. The van der Waals surface area contributed by atoms with E-state index in [2.05, 4.69) is 15.6 Å². The van der Waals surface area contributed by atoms with Crippen LogP contribution in [0.5, 0.6) is 5.75 Å². The summed E-state index contributed by atoms with van der Waals surface area (Å²) in [4.78, 5) is 71.5. The lowest BCUT2D eigenvalue weighted by Gasteiger charge is -2.26. The van der Waals surface area contributed by atoms with Crippen molar-refractivity contribution in [3.8, 4) is 5.75 Å². The summed E-state index contributed by atoms with van der Waals surface area (Å²) in [5, 5.41) is 6.27. The van der Waals surface area contributed by atoms with Crippen molar-refractivity contribution in [3.63, 3.8) is 0 Å². The minimum Gasteiger partial charge on any atom is -0.488 e. The normalized spacial score (nSPS) is 20.0. The van der Waals surface area contributed by atoms with E-state index in [0.29, 0.717) is 30.7 Å². The molecule has 0 radical (unpaired) electrons. The number of para-hydroxylation sites is 2. The first-order valence-electron chi connectivity index (χ1n) is 15.6. The molecule has 1 aromatic heterocycles. The van der Waals surface area contributed by atoms with Crippen molar-refractivity contribution in [2.24, 2.45) is 5.92 Å². The Morgan fingerprint density at radius 2 is 1.65 bits per heavy atom. The number of Topliss-reactive ketones (excluding diaryl/α,β-unsaturated/α-hetero) is 2. The van der Waals surface area contributed by atoms with Crippen LogP contribution < -0.4 is 15.4 Å². The summed E-state index contributed by atoms with van der Waals surface area (Å²) in [7, 11) is 0. The molecule has 10 nitrogen and oxygen atoms in total. The summed E-state index contributed by atoms with van der Waals surface area (Å²) in [6.07, 6.45) is 1.41. The van der Waals surface area contributed by atoms with Gasteiger partial charge in [-0.2, -0.15) is 0 Å². The highest BCUT2D eigenvalue weighted by Crippen LogP contribution is 2.28. The fourth-order valence-corrected chi connectivity index (χ4v) is 6.34. The summed E-state index contributed by atoms with van der Waals surface area (Å²) in [6, 6.07) is 25.4. The Labute approximate surface area is 266 Å². The molecule has 1 aliphatic carbocycles. The number of hydrogen-bond donors (Lipinski definition) is 3. The first-order chi connectivity index (χ1) is 22.4. The molecule has 46 heavy (non-hydrogen) atoms. The molecule has 4 aromatic rings. The van der Waals surface area contributed by atoms with Crippen LogP contribution in [-0.4, -0.2) is 63.9 Å². The van der Waals surface area contributed by atoms with Crippen LogP contribution in [0.25, 0.3) is 10.9 Å². The average Bonchev–Trinajstić information content (AvgIpc) is 3.82. The largest absolute Gasteiger partial charge is 0.488 e. The topological polar surface area (TPSA) is 138 Å². The lowest BCUT2D eigenvalue weighted by Crippen LogP contribution is -2.54. The van der Waals surface area contributed by atoms with E-state index in [1.54, 1.807) is 18.2 Å². The number of likely N-dealkylation sites (tertiary alicyclic amines) is 1. The van der Waals surface area contributed by atoms with Crippen LogP contribution >= 0.6 is 0 Å². The fourth-order valence-electron chi connectivity index (χ4n) is 6.34. The number of nitrogens with one attached hydrogen (secondary N) is 3. The van der Waals surface area contributed by atoms with Crippen molar-refractivity contribution < 1.29 is 28.7 Å². The number of fused-ring (bicyclic) bond motifs is 1. The number of ether oxygens (including phenoxy) is 1. The Morgan fingerprint density at radius 1 is 0.935 bits per heavy atom. The van der Waals surface area contributed by atoms with Gasteiger partial charge in [0.15, 0.2) is 0 Å². The van der Waals surface area contributed by atoms with Crippen LogP contribution in [0, 0.1) is 5.92 Å². The lowest BCUT2D eigenvalue weighted by molar-refractivity contribution is -0.141. The molecule has 2 heterocycles. The number of benzene rings is 3. The zero-order valence-corrected chi connectivity index (χ0v) is 25.3. The molecule has 2 fully saturated rings. The van der Waals surface area contributed by atoms with Crippen molar-refractivity contribution >= 4 is 40.2 Å². The number of ketones is 2. The van der Waals surface area contributed by atoms with Gasteiger partial charge in [0.25, 0.3) is 11.8 Å². The van der Waals surface area contributed by atoms with E-state index in [-0.39, 0.29) is 37.6 Å². The number of nitrogens with zero attached hydrogens (tertiary/aromatic N) is 1. The maximum absolute atomic E-state index is 14.0. The van der Waals surface area contributed by atoms with Gasteiger partial charge in [-0.05, 0) is 49.1 Å². The molecule has 1 saturated carbocycles. The number of aromatic nitrogens is 1. The van der Waals surface area contributed by atoms with Gasteiger partial charge in [0.1, 0.15) is 29.4 Å². The second kappa shape index (κ2) is 13.8. The molecule has 3 N–H and O–H groups in total. The van der Waals surface area contributed by atoms with Crippen LogP contribution in [0.4, 0.5) is 0 Å². The minimum absolute atomic E-state index is 0.0181. The third kappa shape index (κ3) is 7.01. The van der Waals surface area contributed by atoms with E-state index >= 15 is 0 Å². The number of rotatable bonds is 11. The van der Waals surface area contributed by atoms with Crippen LogP contribution in [-0.2, 0) is 25.7 Å². The Kier molecular flexibility index (Phi) is 9.23. The third-order valence-electron chi connectivity index (χ3n) is 8.74. The summed E-state index contributed by atoms with van der Waals surface area (Å²) in [5.41, 5.74) is 1.93. The van der Waals surface area contributed by atoms with Gasteiger partial charge in [0.05, 0.1) is 12.6 Å². The van der Waals surface area contributed by atoms with E-state index in [9.17, 15) is 24.0 Å². The van der Waals surface area contributed by atoms with Crippen LogP contribution in [0.3, 0.4) is 0 Å². The maximum Gasteiger partial charge on any atom is 0.289 e. The number of carbonyl (C=O) groups excluding carboxylic acids is 5. The molecule has 1 aliphatic heterocycles. The number of hydrogen-bond acceptors (Lipinski definition) is 6. The minimum atomic E-state index is -1.23. The van der Waals surface area contributed by atoms with E-state index in [4.69, 9.17) is 4.74 Å². The van der Waals surface area contributed by atoms with Crippen molar-refractivity contribution in [1.82, 2.24) is 20.5 Å². The summed E-state index contributed by atoms with van der Waals surface area (Å²) < 4.78 is 6.16. The van der Waals surface area contributed by atoms with Crippen molar-refractivity contribution in [1.29, 1.82) is 0 Å². The van der Waals surface area contributed by atoms with Gasteiger partial charge in [-0.1, -0.05) is 66.7 Å². The Morgan fingerprint density at radius 3 is 2.37 bits per heavy atom. The van der Waals surface area contributed by atoms with Crippen LogP contribution in [0.1, 0.15) is 48.2 Å². The summed E-state index contributed by atoms with van der Waals surface area (Å²) in [6.45, 7) is 0.279. The van der Waals surface area contributed by atoms with Gasteiger partial charge in [-0.3, -0.25) is 24.0 Å². The van der Waals surface area contributed by atoms with Crippen molar-refractivity contribution in [2.75, 3.05) is 6.54 Å². The van der Waals surface area contributed by atoms with E-state index < -0.39 is 41.7 Å². The number of aromatic amines is 1. The van der Waals surface area contributed by atoms with Gasteiger partial charge >= 0.3 is 0 Å². The van der Waals surface area contributed by atoms with Crippen LogP contribution in [0.2, 0.25) is 0 Å². The van der Waals surface area contributed by atoms with Crippen LogP contribution in [0.15, 0.2) is 91.0 Å². The Balaban J connectivity index is 1.22. The average molecular weight is 621 g/mol. The molecule has 236 valence electrons. The second-order valence-electron chi connectivity index (χ2n) is 11.9. The first-order valence-corrected chi connectivity index (χ1v) is 15.6. The SMILES string of the molecule is O=C(NCc1ccccc1)C(=O)C(C[C@@H]1CCCC1=O)NC(=O)[C@@H]1C[C@@H](Oc2ccccc2)CN1C(=O)c1cc2ccccc2[nH]1. The van der Waals surface area contributed by atoms with E-state index in [1.807, 2.05) is 72.8 Å². The molecule has 1 saturated heterocycles. The Bertz CT molecular complexity index is 1700. The quantitative estimate of drug-likeness (QED) is 0.217. The molecular formula is C36H36N4O6. The van der Waals surface area contributed by atoms with Gasteiger partial charge in [-0.15, -0.1) is 0 Å². The second-order valence-corrected chi connectivity index (χ2v) is 11.9. The molecule has 0 spiro atoms. The van der Waals surface area contributed by atoms with E-state index in [0.717, 1.165) is 16.5 Å². The van der Waals surface area contributed by atoms with E-state index in [1.165, 1.54) is 4.90 Å². The third-order valence-corrected chi connectivity index (χ3v) is 8.74. The molecule has 4 atom stereocenters. The monoisotopic (exact) mass is 620 g/mol. The molecule has 2 aliphatic rings. The van der Waals surface area contributed by atoms with Gasteiger partial charge in [0, 0.05) is 36.2 Å². The van der Waals surface area contributed by atoms with Crippen molar-refractivity contribution in [3.05, 3.63) is 102 Å². The number of amides is 3. The Hall–Kier alpha value is -5.25. The van der Waals surface area contributed by atoms with Crippen molar-refractivity contribution in [2.45, 2.75) is 56.8 Å². The summed E-state index contributed by atoms with van der Waals surface area (Å²) in [5.74, 6) is -2.44. The van der Waals surface area contributed by atoms with Gasteiger partial charge in [-0.25, -0.2) is 0 Å². The zero-order valence-electron chi connectivity index (χ0n) is 25.3. The molecular weight excluding hydrogens is 584 g/mol. The molecule has 1 unspecified atom stereocenters. The summed E-state index contributed by atoms with van der Waals surface area (Å²) >= 11 is 0. The fraction of sp³-hybridized carbons (Fsp3) is 0.306. The molecule has 3 amide bonds. The molecule has 0 bridgehead atoms. The van der Waals surface area contributed by atoms with Gasteiger partial charge < -0.3 is 25.3 Å². The molecule has 6 rings (SSSR count). The zero-order chi connectivity index (χ0) is 32.0. The molecule has 3 aromatic carbocycles. The smallest absolute Gasteiger partial charge is 0.289 e. The number of carbonyl (C=O) groups is 5. The highest BCUT2D eigenvalue weighted by molar-refractivity contribution is 6.38. The maximum atomic E-state index is 14.0. The number of H-pyrrole nitrogens is 1. The standard InChI is InChI=1S/C36H36N4O6/c41-32-17-9-13-25(32)19-29(33(42)35(44)37-21-23-10-3-1-4-11-23)39-34(43)31-20-27(46-26-14-5-2-6-15-26)22-40(31)36(45)30-18-24-12-7-8-16-28(24)38-30/h1-8,10-12,14-16,18,25,27,29,31,38H,9,13,17,19-22H2,(H,37,44)(H,39,43)/t25-,27+,29?,31-/m0/s1.